The molecule has 4 heteroatoms. The van der Waals surface area contributed by atoms with Gasteiger partial charge in [-0.25, -0.2) is 0 Å². The van der Waals surface area contributed by atoms with E-state index in [2.05, 4.69) is 5.32 Å². The number of aliphatic hydroxyl groups is 1. The molecular weight excluding hydrogens is 218 g/mol. The second kappa shape index (κ2) is 5.36. The van der Waals surface area contributed by atoms with Crippen molar-refractivity contribution >= 4 is 5.91 Å². The maximum absolute atomic E-state index is 11.9. The Hall–Kier alpha value is -0.610. The minimum Gasteiger partial charge on any atom is -0.388 e. The van der Waals surface area contributed by atoms with E-state index in [1.165, 1.54) is 0 Å². The highest BCUT2D eigenvalue weighted by molar-refractivity contribution is 5.81. The van der Waals surface area contributed by atoms with Crippen molar-refractivity contribution in [3.63, 3.8) is 0 Å². The van der Waals surface area contributed by atoms with Crippen LogP contribution in [0.15, 0.2) is 0 Å². The third kappa shape index (κ3) is 3.68. The van der Waals surface area contributed by atoms with Crippen molar-refractivity contribution in [2.24, 2.45) is 11.8 Å². The monoisotopic (exact) mass is 243 g/mol. The molecule has 0 aromatic carbocycles. The molecule has 1 saturated heterocycles. The summed E-state index contributed by atoms with van der Waals surface area (Å²) in [6, 6.07) is 0. The molecule has 0 spiro atoms. The van der Waals surface area contributed by atoms with Crippen LogP contribution in [0.25, 0.3) is 0 Å². The molecule has 0 bridgehead atoms. The predicted octanol–water partition coefficient (Wildman–Crippen LogP) is 1.32. The topological polar surface area (TPSA) is 58.6 Å². The number of rotatable bonds is 4. The molecule has 0 aromatic rings. The first-order valence-electron chi connectivity index (χ1n) is 6.39. The molecule has 1 aliphatic rings. The van der Waals surface area contributed by atoms with Crippen molar-refractivity contribution in [3.05, 3.63) is 0 Å². The molecular formula is C13H25NO3. The minimum absolute atomic E-state index is 0.101. The van der Waals surface area contributed by atoms with Gasteiger partial charge in [-0.2, -0.15) is 0 Å². The van der Waals surface area contributed by atoms with E-state index in [0.717, 1.165) is 6.42 Å². The van der Waals surface area contributed by atoms with Crippen LogP contribution in [-0.2, 0) is 9.53 Å². The second-order valence-electron chi connectivity index (χ2n) is 5.81. The van der Waals surface area contributed by atoms with E-state index >= 15 is 0 Å². The molecule has 1 rings (SSSR count). The fourth-order valence-electron chi connectivity index (χ4n) is 1.98. The lowest BCUT2D eigenvalue weighted by atomic mass is 9.92. The number of amides is 1. The van der Waals surface area contributed by atoms with Gasteiger partial charge in [0.25, 0.3) is 0 Å². The summed E-state index contributed by atoms with van der Waals surface area (Å²) in [6.07, 6.45) is 0.692. The normalized spacial score (nSPS) is 32.5. The van der Waals surface area contributed by atoms with Crippen LogP contribution < -0.4 is 5.32 Å². The van der Waals surface area contributed by atoms with Gasteiger partial charge in [-0.05, 0) is 32.1 Å². The van der Waals surface area contributed by atoms with Gasteiger partial charge in [0.1, 0.15) is 6.10 Å². The Balaban J connectivity index is 2.45. The van der Waals surface area contributed by atoms with Crippen molar-refractivity contribution in [3.8, 4) is 0 Å². The molecule has 0 radical (unpaired) electrons. The average Bonchev–Trinajstić information content (AvgIpc) is 2.54. The predicted molar refractivity (Wildman–Crippen MR) is 66.6 cm³/mol. The Morgan fingerprint density at radius 2 is 2.12 bits per heavy atom. The summed E-state index contributed by atoms with van der Waals surface area (Å²) in [5, 5.41) is 12.8. The van der Waals surface area contributed by atoms with E-state index in [1.54, 1.807) is 6.92 Å². The van der Waals surface area contributed by atoms with Crippen LogP contribution in [0.3, 0.4) is 0 Å². The number of carbonyl (C=O) groups excluding carboxylic acids is 1. The highest BCUT2D eigenvalue weighted by atomic mass is 16.5. The van der Waals surface area contributed by atoms with E-state index in [9.17, 15) is 9.90 Å². The van der Waals surface area contributed by atoms with Crippen molar-refractivity contribution < 1.29 is 14.6 Å². The number of carbonyl (C=O) groups is 1. The van der Waals surface area contributed by atoms with Crippen LogP contribution in [-0.4, -0.2) is 35.4 Å². The van der Waals surface area contributed by atoms with Crippen molar-refractivity contribution in [1.82, 2.24) is 5.32 Å². The summed E-state index contributed by atoms with van der Waals surface area (Å²) in [7, 11) is 0. The maximum Gasteiger partial charge on any atom is 0.249 e. The Bertz CT molecular complexity index is 276. The molecule has 0 aliphatic carbocycles. The Morgan fingerprint density at radius 1 is 1.53 bits per heavy atom. The summed E-state index contributed by atoms with van der Waals surface area (Å²) in [4.78, 5) is 11.9. The van der Waals surface area contributed by atoms with Crippen molar-refractivity contribution in [2.45, 2.75) is 58.8 Å². The fraction of sp³-hybridized carbons (Fsp3) is 0.923. The van der Waals surface area contributed by atoms with Gasteiger partial charge in [0, 0.05) is 6.54 Å². The number of nitrogens with one attached hydrogen (secondary N) is 1. The first kappa shape index (κ1) is 14.5. The van der Waals surface area contributed by atoms with Crippen molar-refractivity contribution in [2.75, 3.05) is 6.54 Å². The lowest BCUT2D eigenvalue weighted by Gasteiger charge is -2.28. The van der Waals surface area contributed by atoms with E-state index in [0.29, 0.717) is 0 Å². The van der Waals surface area contributed by atoms with Gasteiger partial charge in [-0.3, -0.25) is 4.79 Å². The molecule has 4 atom stereocenters. The summed E-state index contributed by atoms with van der Waals surface area (Å²) >= 11 is 0. The minimum atomic E-state index is -0.872. The summed E-state index contributed by atoms with van der Waals surface area (Å²) in [6.45, 7) is 9.87. The molecule has 1 heterocycles. The first-order chi connectivity index (χ1) is 7.74. The molecule has 100 valence electrons. The molecule has 1 aliphatic heterocycles. The zero-order valence-corrected chi connectivity index (χ0v) is 11.5. The summed E-state index contributed by atoms with van der Waals surface area (Å²) in [5.41, 5.74) is -0.872. The van der Waals surface area contributed by atoms with Crippen LogP contribution in [0.1, 0.15) is 41.0 Å². The van der Waals surface area contributed by atoms with E-state index in [-0.39, 0.29) is 36.5 Å². The van der Waals surface area contributed by atoms with Gasteiger partial charge in [-0.15, -0.1) is 0 Å². The van der Waals surface area contributed by atoms with E-state index in [1.807, 2.05) is 27.7 Å². The lowest BCUT2D eigenvalue weighted by molar-refractivity contribution is -0.134. The molecule has 4 unspecified atom stereocenters. The van der Waals surface area contributed by atoms with Gasteiger partial charge < -0.3 is 15.2 Å². The van der Waals surface area contributed by atoms with E-state index in [4.69, 9.17) is 4.74 Å². The van der Waals surface area contributed by atoms with Gasteiger partial charge in [0.2, 0.25) is 5.91 Å². The third-order valence-corrected chi connectivity index (χ3v) is 3.72. The number of hydrogen-bond acceptors (Lipinski definition) is 3. The van der Waals surface area contributed by atoms with Crippen LogP contribution in [0.5, 0.6) is 0 Å². The lowest BCUT2D eigenvalue weighted by Crippen LogP contribution is -2.47. The third-order valence-electron chi connectivity index (χ3n) is 3.72. The second-order valence-corrected chi connectivity index (χ2v) is 5.81. The zero-order chi connectivity index (χ0) is 13.2. The smallest absolute Gasteiger partial charge is 0.249 e. The van der Waals surface area contributed by atoms with Crippen LogP contribution in [0.4, 0.5) is 0 Å². The molecule has 2 N–H and O–H groups in total. The molecule has 4 nitrogen and oxygen atoms in total. The highest BCUT2D eigenvalue weighted by Crippen LogP contribution is 2.26. The first-order valence-corrected chi connectivity index (χ1v) is 6.39. The van der Waals surface area contributed by atoms with Crippen LogP contribution >= 0.6 is 0 Å². The van der Waals surface area contributed by atoms with Gasteiger partial charge >= 0.3 is 0 Å². The van der Waals surface area contributed by atoms with Crippen molar-refractivity contribution in [1.29, 1.82) is 0 Å². The standard InChI is InChI=1S/C13H25NO3/c1-8(2)13(5,16)7-14-12(15)11-9(3)6-10(4)17-11/h8-11,16H,6-7H2,1-5H3,(H,14,15). The highest BCUT2D eigenvalue weighted by Gasteiger charge is 2.36. The Labute approximate surface area is 104 Å². The summed E-state index contributed by atoms with van der Waals surface area (Å²) in [5.74, 6) is 0.236. The SMILES string of the molecule is CC1CC(C)C(C(=O)NCC(C)(O)C(C)C)O1. The Morgan fingerprint density at radius 3 is 2.53 bits per heavy atom. The Kier molecular flexibility index (Phi) is 4.55. The van der Waals surface area contributed by atoms with Crippen LogP contribution in [0.2, 0.25) is 0 Å². The van der Waals surface area contributed by atoms with E-state index < -0.39 is 5.60 Å². The van der Waals surface area contributed by atoms with Gasteiger partial charge in [-0.1, -0.05) is 20.8 Å². The molecule has 1 amide bonds. The fourth-order valence-corrected chi connectivity index (χ4v) is 1.98. The molecule has 17 heavy (non-hydrogen) atoms. The molecule has 0 saturated carbocycles. The number of hydrogen-bond donors (Lipinski definition) is 2. The van der Waals surface area contributed by atoms with Crippen LogP contribution in [0, 0.1) is 11.8 Å². The zero-order valence-electron chi connectivity index (χ0n) is 11.5. The van der Waals surface area contributed by atoms with Gasteiger partial charge in [0.15, 0.2) is 0 Å². The van der Waals surface area contributed by atoms with Gasteiger partial charge in [0.05, 0.1) is 11.7 Å². The maximum atomic E-state index is 11.9. The molecule has 1 fully saturated rings. The summed E-state index contributed by atoms with van der Waals surface area (Å²) < 4.78 is 5.57. The number of ether oxygens (including phenoxy) is 1. The quantitative estimate of drug-likeness (QED) is 0.783. The average molecular weight is 243 g/mol. The largest absolute Gasteiger partial charge is 0.388 e. The molecule has 0 aromatic heterocycles.